The molecular weight excluding hydrogens is 201 g/mol. The molecule has 0 aliphatic carbocycles. The van der Waals surface area contributed by atoms with Gasteiger partial charge in [-0.25, -0.2) is 4.98 Å². The molecule has 0 atom stereocenters. The van der Waals surface area contributed by atoms with Crippen molar-refractivity contribution >= 4 is 11.3 Å². The van der Waals surface area contributed by atoms with Crippen molar-refractivity contribution in [3.63, 3.8) is 0 Å². The van der Waals surface area contributed by atoms with E-state index in [9.17, 15) is 13.2 Å². The summed E-state index contributed by atoms with van der Waals surface area (Å²) in [6, 6.07) is 0. The molecule has 0 fully saturated rings. The van der Waals surface area contributed by atoms with Crippen LogP contribution in [0.25, 0.3) is 0 Å². The van der Waals surface area contributed by atoms with Crippen LogP contribution >= 0.6 is 11.3 Å². The maximum absolute atomic E-state index is 12.3. The number of hydrogen-bond donors (Lipinski definition) is 1. The normalized spacial score (nSPS) is 12.1. The topological polar surface area (TPSA) is 24.9 Å². The van der Waals surface area contributed by atoms with Crippen LogP contribution in [0.4, 0.5) is 13.2 Å². The van der Waals surface area contributed by atoms with Crippen LogP contribution in [0.5, 0.6) is 0 Å². The van der Waals surface area contributed by atoms with Gasteiger partial charge in [-0.15, -0.1) is 11.3 Å². The summed E-state index contributed by atoms with van der Waals surface area (Å²) in [6.45, 7) is 1.75. The van der Waals surface area contributed by atoms with Crippen LogP contribution < -0.4 is 5.32 Å². The molecule has 1 heterocycles. The smallest absolute Gasteiger partial charge is 0.314 e. The summed E-state index contributed by atoms with van der Waals surface area (Å²) < 4.78 is 36.8. The molecule has 74 valence electrons. The lowest BCUT2D eigenvalue weighted by atomic mass is 10.4. The van der Waals surface area contributed by atoms with Crippen LogP contribution in [0, 0.1) is 6.92 Å². The van der Waals surface area contributed by atoms with Crippen molar-refractivity contribution in [3.8, 4) is 0 Å². The van der Waals surface area contributed by atoms with Crippen LogP contribution in [0.3, 0.4) is 0 Å². The largest absolute Gasteiger partial charge is 0.427 e. The lowest BCUT2D eigenvalue weighted by Gasteiger charge is -2.01. The highest BCUT2D eigenvalue weighted by atomic mass is 32.1. The molecule has 0 aromatic carbocycles. The Bertz CT molecular complexity index is 292. The molecule has 1 rings (SSSR count). The van der Waals surface area contributed by atoms with Gasteiger partial charge in [-0.1, -0.05) is 0 Å². The van der Waals surface area contributed by atoms with Gasteiger partial charge in [0.05, 0.1) is 5.69 Å². The van der Waals surface area contributed by atoms with Gasteiger partial charge in [-0.05, 0) is 14.0 Å². The first kappa shape index (κ1) is 10.5. The van der Waals surface area contributed by atoms with Crippen molar-refractivity contribution in [2.75, 3.05) is 7.05 Å². The summed E-state index contributed by atoms with van der Waals surface area (Å²) in [5, 5.41) is 3.22. The molecule has 0 aliphatic heterocycles. The monoisotopic (exact) mass is 210 g/mol. The molecule has 0 saturated carbocycles. The predicted octanol–water partition coefficient (Wildman–Crippen LogP) is 2.19. The Morgan fingerprint density at radius 2 is 2.08 bits per heavy atom. The second kappa shape index (κ2) is 3.63. The summed E-state index contributed by atoms with van der Waals surface area (Å²) >= 11 is 0.692. The van der Waals surface area contributed by atoms with Crippen LogP contribution in [0.15, 0.2) is 0 Å². The average Bonchev–Trinajstić information content (AvgIpc) is 2.30. The minimum absolute atomic E-state index is 0.0581. The van der Waals surface area contributed by atoms with Crippen molar-refractivity contribution in [2.45, 2.75) is 19.6 Å². The van der Waals surface area contributed by atoms with Gasteiger partial charge < -0.3 is 5.32 Å². The molecule has 1 N–H and O–H groups in total. The molecule has 0 bridgehead atoms. The number of alkyl halides is 3. The quantitative estimate of drug-likeness (QED) is 0.809. The van der Waals surface area contributed by atoms with E-state index in [0.29, 0.717) is 22.9 Å². The Morgan fingerprint density at radius 3 is 2.46 bits per heavy atom. The van der Waals surface area contributed by atoms with E-state index in [1.54, 1.807) is 7.05 Å². The van der Waals surface area contributed by atoms with Gasteiger partial charge in [0.25, 0.3) is 0 Å². The molecule has 1 aromatic rings. The van der Waals surface area contributed by atoms with E-state index in [0.717, 1.165) is 0 Å². The van der Waals surface area contributed by atoms with E-state index in [1.165, 1.54) is 6.92 Å². The van der Waals surface area contributed by atoms with Crippen molar-refractivity contribution in [2.24, 2.45) is 0 Å². The van der Waals surface area contributed by atoms with Crippen LogP contribution in [-0.2, 0) is 12.7 Å². The van der Waals surface area contributed by atoms with Gasteiger partial charge in [-0.3, -0.25) is 0 Å². The minimum Gasteiger partial charge on any atom is -0.314 e. The Labute approximate surface area is 77.8 Å². The predicted molar refractivity (Wildman–Crippen MR) is 44.6 cm³/mol. The van der Waals surface area contributed by atoms with E-state index in [2.05, 4.69) is 10.3 Å². The van der Waals surface area contributed by atoms with Crippen molar-refractivity contribution in [1.82, 2.24) is 10.3 Å². The van der Waals surface area contributed by atoms with Crippen molar-refractivity contribution in [3.05, 3.63) is 15.6 Å². The van der Waals surface area contributed by atoms with Crippen LogP contribution in [-0.4, -0.2) is 12.0 Å². The zero-order valence-electron chi connectivity index (χ0n) is 7.20. The number of hydrogen-bond acceptors (Lipinski definition) is 3. The number of aryl methyl sites for hydroxylation is 1. The third-order valence-electron chi connectivity index (χ3n) is 1.43. The number of rotatable bonds is 2. The van der Waals surface area contributed by atoms with E-state index in [4.69, 9.17) is 0 Å². The minimum atomic E-state index is -4.27. The standard InChI is InChI=1S/C7H9F3N2S/c1-4-6(7(8,9)10)13-5(12-4)3-11-2/h11H,3H2,1-2H3. The first-order valence-corrected chi connectivity index (χ1v) is 4.45. The fourth-order valence-corrected chi connectivity index (χ4v) is 1.89. The van der Waals surface area contributed by atoms with Crippen LogP contribution in [0.2, 0.25) is 0 Å². The fraction of sp³-hybridized carbons (Fsp3) is 0.571. The van der Waals surface area contributed by atoms with E-state index in [1.807, 2.05) is 0 Å². The Hall–Kier alpha value is -0.620. The maximum atomic E-state index is 12.3. The molecule has 0 radical (unpaired) electrons. The Morgan fingerprint density at radius 1 is 1.46 bits per heavy atom. The average molecular weight is 210 g/mol. The highest BCUT2D eigenvalue weighted by molar-refractivity contribution is 7.11. The molecule has 6 heteroatoms. The van der Waals surface area contributed by atoms with E-state index >= 15 is 0 Å². The zero-order valence-corrected chi connectivity index (χ0v) is 8.01. The van der Waals surface area contributed by atoms with Crippen molar-refractivity contribution < 1.29 is 13.2 Å². The van der Waals surface area contributed by atoms with Gasteiger partial charge >= 0.3 is 6.18 Å². The van der Waals surface area contributed by atoms with E-state index in [-0.39, 0.29) is 5.69 Å². The van der Waals surface area contributed by atoms with Gasteiger partial charge in [0.15, 0.2) is 0 Å². The molecule has 1 aromatic heterocycles. The molecule has 0 aliphatic rings. The third kappa shape index (κ3) is 2.41. The number of halogens is 3. The molecule has 0 amide bonds. The molecule has 0 spiro atoms. The lowest BCUT2D eigenvalue weighted by molar-refractivity contribution is -0.134. The van der Waals surface area contributed by atoms with Crippen LogP contribution in [0.1, 0.15) is 15.6 Å². The molecule has 0 saturated heterocycles. The summed E-state index contributed by atoms with van der Waals surface area (Å²) in [7, 11) is 1.67. The SMILES string of the molecule is CNCc1nc(C)c(C(F)(F)F)s1. The first-order chi connectivity index (χ1) is 5.95. The molecular formula is C7H9F3N2S. The Kier molecular flexibility index (Phi) is 2.92. The highest BCUT2D eigenvalue weighted by Gasteiger charge is 2.35. The van der Waals surface area contributed by atoms with Gasteiger partial charge in [0, 0.05) is 6.54 Å². The van der Waals surface area contributed by atoms with Gasteiger partial charge in [0.2, 0.25) is 0 Å². The number of thiazole rings is 1. The number of aromatic nitrogens is 1. The van der Waals surface area contributed by atoms with Gasteiger partial charge in [0.1, 0.15) is 9.88 Å². The second-order valence-corrected chi connectivity index (χ2v) is 3.63. The third-order valence-corrected chi connectivity index (χ3v) is 2.63. The maximum Gasteiger partial charge on any atom is 0.427 e. The Balaban J connectivity index is 2.96. The lowest BCUT2D eigenvalue weighted by Crippen LogP contribution is -2.04. The molecule has 13 heavy (non-hydrogen) atoms. The summed E-state index contributed by atoms with van der Waals surface area (Å²) in [5.74, 6) is 0. The van der Waals surface area contributed by atoms with E-state index < -0.39 is 11.1 Å². The first-order valence-electron chi connectivity index (χ1n) is 3.63. The number of nitrogens with zero attached hydrogens (tertiary/aromatic N) is 1. The van der Waals surface area contributed by atoms with Gasteiger partial charge in [-0.2, -0.15) is 13.2 Å². The van der Waals surface area contributed by atoms with Crippen molar-refractivity contribution in [1.29, 1.82) is 0 Å². The second-order valence-electron chi connectivity index (χ2n) is 2.55. The molecule has 2 nitrogen and oxygen atoms in total. The summed E-state index contributed by atoms with van der Waals surface area (Å²) in [6.07, 6.45) is -4.27. The number of nitrogens with one attached hydrogen (secondary N) is 1. The summed E-state index contributed by atoms with van der Waals surface area (Å²) in [4.78, 5) is 3.20. The zero-order chi connectivity index (χ0) is 10.1. The fourth-order valence-electron chi connectivity index (χ4n) is 0.942. The molecule has 0 unspecified atom stereocenters. The highest BCUT2D eigenvalue weighted by Crippen LogP contribution is 2.35. The summed E-state index contributed by atoms with van der Waals surface area (Å²) in [5.41, 5.74) is 0.0581.